The highest BCUT2D eigenvalue weighted by molar-refractivity contribution is 5.96. The first-order chi connectivity index (χ1) is 8.36. The minimum atomic E-state index is -0.519. The summed E-state index contributed by atoms with van der Waals surface area (Å²) in [5.74, 6) is -0.000962. The van der Waals surface area contributed by atoms with Crippen LogP contribution >= 0.6 is 0 Å². The normalized spacial score (nSPS) is 14.1. The topological polar surface area (TPSA) is 90.5 Å². The summed E-state index contributed by atoms with van der Waals surface area (Å²) in [6.07, 6.45) is 0.196. The van der Waals surface area contributed by atoms with Crippen molar-refractivity contribution in [2.45, 2.75) is 46.3 Å². The highest BCUT2D eigenvalue weighted by atomic mass is 16.3. The number of rotatable bonds is 7. The number of urea groups is 1. The van der Waals surface area contributed by atoms with Crippen LogP contribution in [0.4, 0.5) is 4.79 Å². The van der Waals surface area contributed by atoms with Crippen LogP contribution in [0.1, 0.15) is 34.1 Å². The van der Waals surface area contributed by atoms with Crippen LogP contribution in [-0.2, 0) is 4.79 Å². The summed E-state index contributed by atoms with van der Waals surface area (Å²) >= 11 is 0. The summed E-state index contributed by atoms with van der Waals surface area (Å²) in [5, 5.41) is 17.2. The lowest BCUT2D eigenvalue weighted by molar-refractivity contribution is -0.121. The Balaban J connectivity index is 3.90. The fourth-order valence-electron chi connectivity index (χ4n) is 1.46. The summed E-state index contributed by atoms with van der Waals surface area (Å²) in [6.45, 7) is 8.27. The molecule has 6 nitrogen and oxygen atoms in total. The van der Waals surface area contributed by atoms with Gasteiger partial charge in [-0.25, -0.2) is 4.79 Å². The average Bonchev–Trinajstić information content (AvgIpc) is 2.25. The van der Waals surface area contributed by atoms with Crippen molar-refractivity contribution >= 4 is 11.9 Å². The van der Waals surface area contributed by atoms with Gasteiger partial charge in [0, 0.05) is 13.1 Å². The van der Waals surface area contributed by atoms with Crippen LogP contribution in [-0.4, -0.2) is 42.3 Å². The van der Waals surface area contributed by atoms with E-state index in [1.807, 2.05) is 13.8 Å². The zero-order valence-corrected chi connectivity index (χ0v) is 11.6. The second-order valence-corrected chi connectivity index (χ2v) is 4.76. The average molecular weight is 259 g/mol. The first-order valence-electron chi connectivity index (χ1n) is 6.36. The molecule has 0 saturated heterocycles. The van der Waals surface area contributed by atoms with E-state index < -0.39 is 24.1 Å². The number of amides is 3. The Kier molecular flexibility index (Phi) is 8.32. The van der Waals surface area contributed by atoms with E-state index in [4.69, 9.17) is 0 Å². The largest absolute Gasteiger partial charge is 0.392 e. The standard InChI is InChI=1S/C12H25N3O3/c1-5-13-12(18)15-11(17)9(4)14-7-10(16)6-8(2)3/h8-10,14,16H,5-7H2,1-4H3,(H2,13,15,17,18). The van der Waals surface area contributed by atoms with Crippen molar-refractivity contribution in [3.8, 4) is 0 Å². The Morgan fingerprint density at radius 3 is 2.33 bits per heavy atom. The van der Waals surface area contributed by atoms with Gasteiger partial charge in [-0.1, -0.05) is 13.8 Å². The molecule has 18 heavy (non-hydrogen) atoms. The van der Waals surface area contributed by atoms with E-state index in [9.17, 15) is 14.7 Å². The molecule has 4 N–H and O–H groups in total. The maximum absolute atomic E-state index is 11.5. The lowest BCUT2D eigenvalue weighted by atomic mass is 10.1. The molecule has 0 fully saturated rings. The van der Waals surface area contributed by atoms with Gasteiger partial charge >= 0.3 is 6.03 Å². The Bertz CT molecular complexity index is 269. The molecular formula is C12H25N3O3. The minimum Gasteiger partial charge on any atom is -0.392 e. The molecule has 106 valence electrons. The highest BCUT2D eigenvalue weighted by Crippen LogP contribution is 2.03. The molecule has 0 rings (SSSR count). The fraction of sp³-hybridized carbons (Fsp3) is 0.833. The molecule has 0 saturated carbocycles. The minimum absolute atomic E-state index is 0.335. The van der Waals surface area contributed by atoms with Crippen molar-refractivity contribution < 1.29 is 14.7 Å². The van der Waals surface area contributed by atoms with Crippen molar-refractivity contribution in [3.63, 3.8) is 0 Å². The van der Waals surface area contributed by atoms with E-state index >= 15 is 0 Å². The van der Waals surface area contributed by atoms with Crippen molar-refractivity contribution in [2.75, 3.05) is 13.1 Å². The Morgan fingerprint density at radius 2 is 1.83 bits per heavy atom. The molecule has 0 aliphatic heterocycles. The molecule has 3 amide bonds. The zero-order chi connectivity index (χ0) is 14.1. The molecule has 0 aromatic heterocycles. The van der Waals surface area contributed by atoms with Crippen LogP contribution in [0.5, 0.6) is 0 Å². The van der Waals surface area contributed by atoms with Crippen molar-refractivity contribution in [2.24, 2.45) is 5.92 Å². The van der Waals surface area contributed by atoms with Crippen LogP contribution in [0.15, 0.2) is 0 Å². The molecule has 0 spiro atoms. The van der Waals surface area contributed by atoms with Crippen molar-refractivity contribution in [1.29, 1.82) is 0 Å². The predicted octanol–water partition coefficient (Wildman–Crippen LogP) is 0.217. The number of imide groups is 1. The first kappa shape index (κ1) is 16.9. The van der Waals surface area contributed by atoms with E-state index in [2.05, 4.69) is 16.0 Å². The van der Waals surface area contributed by atoms with Gasteiger partial charge in [-0.15, -0.1) is 0 Å². The third kappa shape index (κ3) is 8.03. The van der Waals surface area contributed by atoms with Crippen molar-refractivity contribution in [1.82, 2.24) is 16.0 Å². The monoisotopic (exact) mass is 259 g/mol. The molecule has 2 atom stereocenters. The fourth-order valence-corrected chi connectivity index (χ4v) is 1.46. The Hall–Kier alpha value is -1.14. The molecular weight excluding hydrogens is 234 g/mol. The lowest BCUT2D eigenvalue weighted by Crippen LogP contribution is -2.49. The Morgan fingerprint density at radius 1 is 1.22 bits per heavy atom. The third-order valence-electron chi connectivity index (χ3n) is 2.37. The molecule has 0 aliphatic carbocycles. The van der Waals surface area contributed by atoms with Gasteiger partial charge in [-0.3, -0.25) is 10.1 Å². The number of nitrogens with one attached hydrogen (secondary N) is 3. The Labute approximate surface area is 109 Å². The van der Waals surface area contributed by atoms with Gasteiger partial charge in [0.2, 0.25) is 5.91 Å². The number of aliphatic hydroxyl groups excluding tert-OH is 1. The van der Waals surface area contributed by atoms with E-state index in [-0.39, 0.29) is 0 Å². The van der Waals surface area contributed by atoms with Crippen LogP contribution < -0.4 is 16.0 Å². The number of hydrogen-bond donors (Lipinski definition) is 4. The number of hydrogen-bond acceptors (Lipinski definition) is 4. The molecule has 6 heteroatoms. The van der Waals surface area contributed by atoms with E-state index in [1.54, 1.807) is 13.8 Å². The van der Waals surface area contributed by atoms with E-state index in [0.717, 1.165) is 0 Å². The van der Waals surface area contributed by atoms with Gasteiger partial charge in [-0.05, 0) is 26.2 Å². The maximum atomic E-state index is 11.5. The number of aliphatic hydroxyl groups is 1. The number of carbonyl (C=O) groups is 2. The van der Waals surface area contributed by atoms with Crippen LogP contribution in [0.3, 0.4) is 0 Å². The lowest BCUT2D eigenvalue weighted by Gasteiger charge is -2.17. The summed E-state index contributed by atoms with van der Waals surface area (Å²) in [6, 6.07) is -1.02. The first-order valence-corrected chi connectivity index (χ1v) is 6.36. The van der Waals surface area contributed by atoms with Gasteiger partial charge in [-0.2, -0.15) is 0 Å². The van der Waals surface area contributed by atoms with Crippen LogP contribution in [0.25, 0.3) is 0 Å². The molecule has 2 unspecified atom stereocenters. The van der Waals surface area contributed by atoms with Crippen molar-refractivity contribution in [3.05, 3.63) is 0 Å². The maximum Gasteiger partial charge on any atom is 0.321 e. The zero-order valence-electron chi connectivity index (χ0n) is 11.6. The smallest absolute Gasteiger partial charge is 0.321 e. The van der Waals surface area contributed by atoms with E-state index in [1.165, 1.54) is 0 Å². The van der Waals surface area contributed by atoms with Gasteiger partial charge in [0.05, 0.1) is 12.1 Å². The summed E-state index contributed by atoms with van der Waals surface area (Å²) in [7, 11) is 0. The predicted molar refractivity (Wildman–Crippen MR) is 70.1 cm³/mol. The second kappa shape index (κ2) is 8.88. The highest BCUT2D eigenvalue weighted by Gasteiger charge is 2.16. The number of carbonyl (C=O) groups excluding carboxylic acids is 2. The summed E-state index contributed by atoms with van der Waals surface area (Å²) in [5.41, 5.74) is 0. The molecule has 0 aromatic rings. The quantitative estimate of drug-likeness (QED) is 0.526. The SMILES string of the molecule is CCNC(=O)NC(=O)C(C)NCC(O)CC(C)C. The van der Waals surface area contributed by atoms with Gasteiger partial charge in [0.15, 0.2) is 0 Å². The summed E-state index contributed by atoms with van der Waals surface area (Å²) < 4.78 is 0. The molecule has 0 bridgehead atoms. The van der Waals surface area contributed by atoms with Gasteiger partial charge in [0.25, 0.3) is 0 Å². The van der Waals surface area contributed by atoms with Crippen LogP contribution in [0, 0.1) is 5.92 Å². The summed E-state index contributed by atoms with van der Waals surface area (Å²) in [4.78, 5) is 22.7. The molecule has 0 heterocycles. The van der Waals surface area contributed by atoms with Gasteiger partial charge in [0.1, 0.15) is 0 Å². The molecule has 0 aliphatic rings. The van der Waals surface area contributed by atoms with E-state index in [0.29, 0.717) is 25.4 Å². The van der Waals surface area contributed by atoms with Gasteiger partial charge < -0.3 is 15.7 Å². The second-order valence-electron chi connectivity index (χ2n) is 4.76. The molecule has 0 radical (unpaired) electrons. The third-order valence-corrected chi connectivity index (χ3v) is 2.37. The molecule has 0 aromatic carbocycles. The van der Waals surface area contributed by atoms with Crippen LogP contribution in [0.2, 0.25) is 0 Å².